The average molecular weight is 768 g/mol. The van der Waals surface area contributed by atoms with Gasteiger partial charge in [-0.05, 0) is 122 Å². The highest BCUT2D eigenvalue weighted by Gasteiger charge is 2.46. The van der Waals surface area contributed by atoms with Crippen molar-refractivity contribution in [3.8, 4) is 11.1 Å². The molecule has 2 heteroatoms. The first-order chi connectivity index (χ1) is 29.6. The van der Waals surface area contributed by atoms with E-state index in [0.29, 0.717) is 0 Å². The maximum Gasteiger partial charge on any atom is 0.135 e. The summed E-state index contributed by atoms with van der Waals surface area (Å²) in [6.45, 7) is 6.69. The van der Waals surface area contributed by atoms with Crippen molar-refractivity contribution < 1.29 is 4.42 Å². The summed E-state index contributed by atoms with van der Waals surface area (Å²) in [4.78, 5) is 2.40. The van der Waals surface area contributed by atoms with Crippen LogP contribution in [0.1, 0.15) is 34.7 Å². The maximum absolute atomic E-state index is 6.11. The Kier molecular flexibility index (Phi) is 8.46. The molecular formula is C58H41NO. The van der Waals surface area contributed by atoms with E-state index in [0.717, 1.165) is 50.1 Å². The zero-order chi connectivity index (χ0) is 40.2. The number of para-hydroxylation sites is 1. The van der Waals surface area contributed by atoms with Crippen LogP contribution in [0.15, 0.2) is 235 Å². The van der Waals surface area contributed by atoms with E-state index in [9.17, 15) is 0 Å². The molecule has 11 rings (SSSR count). The fourth-order valence-corrected chi connectivity index (χ4v) is 9.66. The number of nitrogens with zero attached hydrogens (tertiary/aromatic N) is 1. The fraction of sp³-hybridized carbons (Fsp3) is 0.0345. The highest BCUT2D eigenvalue weighted by molar-refractivity contribution is 6.09. The van der Waals surface area contributed by atoms with Crippen LogP contribution in [0.2, 0.25) is 0 Å². The summed E-state index contributed by atoms with van der Waals surface area (Å²) in [5.74, 6) is 0. The lowest BCUT2D eigenvalue weighted by Crippen LogP contribution is -2.28. The van der Waals surface area contributed by atoms with Crippen LogP contribution in [0, 0.1) is 0 Å². The molecule has 1 heterocycles. The van der Waals surface area contributed by atoms with Gasteiger partial charge < -0.3 is 9.32 Å². The van der Waals surface area contributed by atoms with E-state index < -0.39 is 5.41 Å². The lowest BCUT2D eigenvalue weighted by molar-refractivity contribution is 0.669. The Morgan fingerprint density at radius 1 is 0.500 bits per heavy atom. The second-order valence-corrected chi connectivity index (χ2v) is 15.8. The van der Waals surface area contributed by atoms with Gasteiger partial charge in [0.2, 0.25) is 0 Å². The van der Waals surface area contributed by atoms with Crippen molar-refractivity contribution in [2.45, 2.75) is 12.3 Å². The molecule has 284 valence electrons. The zero-order valence-corrected chi connectivity index (χ0v) is 33.3. The van der Waals surface area contributed by atoms with Crippen molar-refractivity contribution in [3.63, 3.8) is 0 Å². The molecule has 1 aliphatic carbocycles. The lowest BCUT2D eigenvalue weighted by atomic mass is 9.67. The van der Waals surface area contributed by atoms with Crippen molar-refractivity contribution in [1.82, 2.24) is 0 Å². The molecular weight excluding hydrogens is 727 g/mol. The summed E-state index contributed by atoms with van der Waals surface area (Å²) in [6, 6.07) is 72.5. The van der Waals surface area contributed by atoms with Crippen molar-refractivity contribution in [3.05, 3.63) is 259 Å². The first kappa shape index (κ1) is 35.5. The molecule has 9 aromatic carbocycles. The van der Waals surface area contributed by atoms with Crippen molar-refractivity contribution in [2.24, 2.45) is 0 Å². The van der Waals surface area contributed by atoms with E-state index in [1.165, 1.54) is 54.9 Å². The van der Waals surface area contributed by atoms with Crippen molar-refractivity contribution in [1.29, 1.82) is 0 Å². The van der Waals surface area contributed by atoms with Crippen LogP contribution >= 0.6 is 0 Å². The summed E-state index contributed by atoms with van der Waals surface area (Å²) < 4.78 is 6.11. The number of furan rings is 1. The topological polar surface area (TPSA) is 16.4 Å². The summed E-state index contributed by atoms with van der Waals surface area (Å²) in [7, 11) is 0. The molecule has 0 saturated carbocycles. The largest absolute Gasteiger partial charge is 0.456 e. The van der Waals surface area contributed by atoms with Crippen LogP contribution < -0.4 is 4.90 Å². The molecule has 0 spiro atoms. The normalized spacial score (nSPS) is 13.3. The average Bonchev–Trinajstić information content (AvgIpc) is 3.83. The Labute approximate surface area is 350 Å². The van der Waals surface area contributed by atoms with Gasteiger partial charge in [-0.3, -0.25) is 0 Å². The quantitative estimate of drug-likeness (QED) is 0.113. The van der Waals surface area contributed by atoms with E-state index in [1.54, 1.807) is 0 Å². The molecule has 0 radical (unpaired) electrons. The van der Waals surface area contributed by atoms with Crippen LogP contribution in [0.25, 0.3) is 60.2 Å². The minimum Gasteiger partial charge on any atom is -0.456 e. The molecule has 60 heavy (non-hydrogen) atoms. The first-order valence-electron chi connectivity index (χ1n) is 20.6. The van der Waals surface area contributed by atoms with Gasteiger partial charge in [-0.15, -0.1) is 0 Å². The van der Waals surface area contributed by atoms with Crippen LogP contribution in [0.4, 0.5) is 11.4 Å². The highest BCUT2D eigenvalue weighted by atomic mass is 16.3. The number of hydrogen-bond donors (Lipinski definition) is 0. The minimum absolute atomic E-state index is 0.508. The number of hydrogen-bond acceptors (Lipinski definition) is 2. The summed E-state index contributed by atoms with van der Waals surface area (Å²) in [5.41, 5.74) is 14.1. The molecule has 0 amide bonds. The number of rotatable bonds is 8. The molecule has 10 aromatic rings. The summed E-state index contributed by atoms with van der Waals surface area (Å²) in [6.07, 6.45) is 6.43. The molecule has 0 bridgehead atoms. The monoisotopic (exact) mass is 767 g/mol. The Morgan fingerprint density at radius 2 is 1.10 bits per heavy atom. The molecule has 0 N–H and O–H groups in total. The van der Waals surface area contributed by atoms with Gasteiger partial charge in [0.1, 0.15) is 11.2 Å². The van der Waals surface area contributed by atoms with Crippen LogP contribution in [0.3, 0.4) is 0 Å². The molecule has 1 aliphatic rings. The van der Waals surface area contributed by atoms with Crippen LogP contribution in [0.5, 0.6) is 0 Å². The maximum atomic E-state index is 6.11. The van der Waals surface area contributed by atoms with Gasteiger partial charge in [0.15, 0.2) is 0 Å². The molecule has 2 nitrogen and oxygen atoms in total. The lowest BCUT2D eigenvalue weighted by Gasteiger charge is -2.35. The second kappa shape index (κ2) is 14.3. The van der Waals surface area contributed by atoms with E-state index in [2.05, 4.69) is 219 Å². The number of benzene rings is 9. The van der Waals surface area contributed by atoms with Gasteiger partial charge in [0.25, 0.3) is 0 Å². The van der Waals surface area contributed by atoms with Crippen molar-refractivity contribution >= 4 is 60.4 Å². The van der Waals surface area contributed by atoms with Gasteiger partial charge >= 0.3 is 0 Å². The molecule has 0 unspecified atom stereocenters. The Hall–Kier alpha value is -7.68. The summed E-state index contributed by atoms with van der Waals surface area (Å²) in [5, 5.41) is 7.13. The minimum atomic E-state index is -0.508. The van der Waals surface area contributed by atoms with Crippen LogP contribution in [-0.4, -0.2) is 0 Å². The Morgan fingerprint density at radius 3 is 1.90 bits per heavy atom. The standard InChI is InChI=1S/C58H41NO/c1-39(43-31-35-57-53(36-43)51-25-12-14-27-56(51)60-57)16-15-17-40(2)59(46-32-30-42-29-28-41-18-9-10-23-48(41)52(42)37-46)47-33-34-50-49-24-11-13-26-54(49)58(55(50)38-47,44-19-5-3-6-20-44)45-21-7-4-8-22-45/h3-38H,1H2,2H3/b16-15-,40-17+. The number of allylic oxidation sites excluding steroid dienone is 5. The van der Waals surface area contributed by atoms with Gasteiger partial charge in [0.05, 0.1) is 5.41 Å². The zero-order valence-electron chi connectivity index (χ0n) is 33.3. The fourth-order valence-electron chi connectivity index (χ4n) is 9.66. The van der Waals surface area contributed by atoms with Crippen LogP contribution in [-0.2, 0) is 5.41 Å². The molecule has 0 fully saturated rings. The number of anilines is 2. The van der Waals surface area contributed by atoms with E-state index in [1.807, 2.05) is 18.2 Å². The molecule has 0 aliphatic heterocycles. The van der Waals surface area contributed by atoms with Gasteiger partial charge in [-0.1, -0.05) is 176 Å². The van der Waals surface area contributed by atoms with Gasteiger partial charge in [0, 0.05) is 27.8 Å². The van der Waals surface area contributed by atoms with E-state index in [4.69, 9.17) is 4.42 Å². The van der Waals surface area contributed by atoms with Gasteiger partial charge in [-0.2, -0.15) is 0 Å². The summed E-state index contributed by atoms with van der Waals surface area (Å²) >= 11 is 0. The molecule has 0 saturated heterocycles. The third kappa shape index (κ3) is 5.64. The van der Waals surface area contributed by atoms with Gasteiger partial charge in [-0.25, -0.2) is 0 Å². The van der Waals surface area contributed by atoms with E-state index >= 15 is 0 Å². The first-order valence-corrected chi connectivity index (χ1v) is 20.6. The van der Waals surface area contributed by atoms with Crippen molar-refractivity contribution in [2.75, 3.05) is 4.90 Å². The van der Waals surface area contributed by atoms with E-state index in [-0.39, 0.29) is 0 Å². The molecule has 1 aromatic heterocycles. The number of fused-ring (bicyclic) bond motifs is 9. The third-order valence-corrected chi connectivity index (χ3v) is 12.4. The Bertz CT molecular complexity index is 3310. The Balaban J connectivity index is 1.07. The predicted molar refractivity (Wildman–Crippen MR) is 253 cm³/mol. The smallest absolute Gasteiger partial charge is 0.135 e. The SMILES string of the molecule is C=C(/C=C\C=C(/C)N(c1ccc2c(c1)C(c1ccccc1)(c1ccccc1)c1ccccc1-2)c1ccc2ccc3ccccc3c2c1)c1ccc2oc3ccccc3c2c1. The second-order valence-electron chi connectivity index (χ2n) is 15.8. The third-order valence-electron chi connectivity index (χ3n) is 12.4. The predicted octanol–water partition coefficient (Wildman–Crippen LogP) is 15.6. The highest BCUT2D eigenvalue weighted by Crippen LogP contribution is 2.57. The molecule has 0 atom stereocenters.